The average molecular weight is 208 g/mol. The standard InChI is InChI=1S/C10H16N4O/c1-7(9-4-3-5-12-6-9)13-8(2)10(11)14-15/h3-8,13,15H,1-2H3,(H2,11,14)/t7-,8?/m1/s1. The van der Waals surface area contributed by atoms with E-state index < -0.39 is 0 Å². The summed E-state index contributed by atoms with van der Waals surface area (Å²) in [5.74, 6) is 0.172. The number of nitrogens with one attached hydrogen (secondary N) is 1. The third-order valence-corrected chi connectivity index (χ3v) is 2.24. The molecule has 0 aromatic carbocycles. The minimum absolute atomic E-state index is 0.106. The third-order valence-electron chi connectivity index (χ3n) is 2.24. The summed E-state index contributed by atoms with van der Waals surface area (Å²) in [5, 5.41) is 14.6. The summed E-state index contributed by atoms with van der Waals surface area (Å²) in [6.07, 6.45) is 3.51. The first kappa shape index (κ1) is 11.5. The topological polar surface area (TPSA) is 83.5 Å². The van der Waals surface area contributed by atoms with Crippen LogP contribution in [0.15, 0.2) is 29.7 Å². The highest BCUT2D eigenvalue weighted by atomic mass is 16.4. The summed E-state index contributed by atoms with van der Waals surface area (Å²) in [6.45, 7) is 3.83. The Hall–Kier alpha value is -1.62. The predicted octanol–water partition coefficient (Wildman–Crippen LogP) is 0.867. The molecule has 0 saturated carbocycles. The van der Waals surface area contributed by atoms with Gasteiger partial charge in [-0.3, -0.25) is 4.98 Å². The fraction of sp³-hybridized carbons (Fsp3) is 0.400. The molecular formula is C10H16N4O. The average Bonchev–Trinajstić information content (AvgIpc) is 2.29. The maximum absolute atomic E-state index is 8.50. The summed E-state index contributed by atoms with van der Waals surface area (Å²) in [7, 11) is 0. The van der Waals surface area contributed by atoms with Gasteiger partial charge in [0.2, 0.25) is 0 Å². The van der Waals surface area contributed by atoms with Gasteiger partial charge in [0.25, 0.3) is 0 Å². The van der Waals surface area contributed by atoms with Crippen molar-refractivity contribution in [1.82, 2.24) is 10.3 Å². The molecule has 5 nitrogen and oxygen atoms in total. The Bertz CT molecular complexity index is 325. The predicted molar refractivity (Wildman–Crippen MR) is 58.7 cm³/mol. The summed E-state index contributed by atoms with van der Waals surface area (Å²) < 4.78 is 0. The molecule has 1 heterocycles. The van der Waals surface area contributed by atoms with Crippen molar-refractivity contribution in [3.05, 3.63) is 30.1 Å². The number of amidine groups is 1. The van der Waals surface area contributed by atoms with Gasteiger partial charge in [-0.15, -0.1) is 0 Å². The van der Waals surface area contributed by atoms with Gasteiger partial charge in [-0.25, -0.2) is 0 Å². The summed E-state index contributed by atoms with van der Waals surface area (Å²) in [6, 6.07) is 3.78. The molecule has 15 heavy (non-hydrogen) atoms. The lowest BCUT2D eigenvalue weighted by molar-refractivity contribution is 0.314. The zero-order chi connectivity index (χ0) is 11.3. The second-order valence-electron chi connectivity index (χ2n) is 3.42. The Morgan fingerprint density at radius 2 is 2.33 bits per heavy atom. The molecule has 0 aliphatic carbocycles. The number of oxime groups is 1. The first-order valence-electron chi connectivity index (χ1n) is 4.78. The van der Waals surface area contributed by atoms with Crippen LogP contribution in [0.4, 0.5) is 0 Å². The SMILES string of the molecule is CC(N[C@H](C)c1cccnc1)/C(N)=N/O. The molecule has 2 atom stereocenters. The zero-order valence-electron chi connectivity index (χ0n) is 8.88. The molecule has 0 spiro atoms. The van der Waals surface area contributed by atoms with Gasteiger partial charge in [-0.05, 0) is 25.5 Å². The molecule has 4 N–H and O–H groups in total. The molecule has 0 fully saturated rings. The number of nitrogens with two attached hydrogens (primary N) is 1. The van der Waals surface area contributed by atoms with Gasteiger partial charge in [0.05, 0.1) is 6.04 Å². The molecule has 1 rings (SSSR count). The second-order valence-corrected chi connectivity index (χ2v) is 3.42. The Morgan fingerprint density at radius 1 is 1.60 bits per heavy atom. The van der Waals surface area contributed by atoms with Gasteiger partial charge in [0, 0.05) is 18.4 Å². The van der Waals surface area contributed by atoms with E-state index in [-0.39, 0.29) is 17.9 Å². The number of hydrogen-bond acceptors (Lipinski definition) is 4. The van der Waals surface area contributed by atoms with Crippen molar-refractivity contribution < 1.29 is 5.21 Å². The zero-order valence-corrected chi connectivity index (χ0v) is 8.88. The van der Waals surface area contributed by atoms with E-state index >= 15 is 0 Å². The van der Waals surface area contributed by atoms with E-state index in [0.29, 0.717) is 0 Å². The van der Waals surface area contributed by atoms with E-state index in [0.717, 1.165) is 5.56 Å². The van der Waals surface area contributed by atoms with Crippen molar-refractivity contribution in [2.45, 2.75) is 25.9 Å². The summed E-state index contributed by atoms with van der Waals surface area (Å²) in [4.78, 5) is 4.03. The van der Waals surface area contributed by atoms with Gasteiger partial charge in [0.15, 0.2) is 5.84 Å². The molecule has 0 aliphatic rings. The van der Waals surface area contributed by atoms with Crippen LogP contribution >= 0.6 is 0 Å². The molecule has 0 radical (unpaired) electrons. The van der Waals surface area contributed by atoms with Crippen LogP contribution in [0.25, 0.3) is 0 Å². The van der Waals surface area contributed by atoms with Crippen LogP contribution in [0, 0.1) is 0 Å². The molecule has 1 aromatic rings. The molecule has 0 saturated heterocycles. The Kier molecular flexibility index (Phi) is 4.05. The first-order chi connectivity index (χ1) is 7.15. The van der Waals surface area contributed by atoms with Gasteiger partial charge in [-0.1, -0.05) is 11.2 Å². The van der Waals surface area contributed by atoms with Crippen molar-refractivity contribution in [1.29, 1.82) is 0 Å². The van der Waals surface area contributed by atoms with E-state index in [2.05, 4.69) is 15.5 Å². The van der Waals surface area contributed by atoms with Crippen LogP contribution in [0.2, 0.25) is 0 Å². The van der Waals surface area contributed by atoms with E-state index in [1.807, 2.05) is 26.0 Å². The van der Waals surface area contributed by atoms with E-state index in [4.69, 9.17) is 10.9 Å². The summed E-state index contributed by atoms with van der Waals surface area (Å²) in [5.41, 5.74) is 6.53. The largest absolute Gasteiger partial charge is 0.409 e. The van der Waals surface area contributed by atoms with E-state index in [1.54, 1.807) is 12.4 Å². The van der Waals surface area contributed by atoms with E-state index in [1.165, 1.54) is 0 Å². The maximum atomic E-state index is 8.50. The van der Waals surface area contributed by atoms with Crippen LogP contribution in [0.1, 0.15) is 25.5 Å². The highest BCUT2D eigenvalue weighted by molar-refractivity contribution is 5.84. The van der Waals surface area contributed by atoms with E-state index in [9.17, 15) is 0 Å². The Labute approximate surface area is 89.0 Å². The van der Waals surface area contributed by atoms with Crippen molar-refractivity contribution in [3.8, 4) is 0 Å². The fourth-order valence-electron chi connectivity index (χ4n) is 1.28. The van der Waals surface area contributed by atoms with Gasteiger partial charge in [0.1, 0.15) is 0 Å². The molecule has 1 aromatic heterocycles. The molecule has 0 amide bonds. The number of pyridine rings is 1. The fourth-order valence-corrected chi connectivity index (χ4v) is 1.28. The summed E-state index contributed by atoms with van der Waals surface area (Å²) >= 11 is 0. The molecule has 82 valence electrons. The van der Waals surface area contributed by atoms with Crippen LogP contribution in [-0.2, 0) is 0 Å². The smallest absolute Gasteiger partial charge is 0.156 e. The highest BCUT2D eigenvalue weighted by Gasteiger charge is 2.12. The highest BCUT2D eigenvalue weighted by Crippen LogP contribution is 2.10. The second kappa shape index (κ2) is 5.31. The number of aromatic nitrogens is 1. The molecule has 0 bridgehead atoms. The van der Waals surface area contributed by atoms with Crippen molar-refractivity contribution in [2.24, 2.45) is 10.9 Å². The van der Waals surface area contributed by atoms with Crippen LogP contribution in [0.5, 0.6) is 0 Å². The van der Waals surface area contributed by atoms with Gasteiger partial charge in [-0.2, -0.15) is 0 Å². The maximum Gasteiger partial charge on any atom is 0.156 e. The molecule has 0 aliphatic heterocycles. The van der Waals surface area contributed by atoms with Gasteiger partial charge >= 0.3 is 0 Å². The van der Waals surface area contributed by atoms with Crippen molar-refractivity contribution in [2.75, 3.05) is 0 Å². The van der Waals surface area contributed by atoms with Crippen LogP contribution in [-0.4, -0.2) is 22.1 Å². The molecule has 5 heteroatoms. The lowest BCUT2D eigenvalue weighted by atomic mass is 10.1. The number of rotatable bonds is 4. The van der Waals surface area contributed by atoms with Crippen LogP contribution < -0.4 is 11.1 Å². The van der Waals surface area contributed by atoms with Crippen molar-refractivity contribution in [3.63, 3.8) is 0 Å². The lowest BCUT2D eigenvalue weighted by Gasteiger charge is -2.18. The molecule has 1 unspecified atom stereocenters. The Balaban J connectivity index is 2.60. The minimum atomic E-state index is -0.176. The minimum Gasteiger partial charge on any atom is -0.409 e. The molecular weight excluding hydrogens is 192 g/mol. The number of nitrogens with zero attached hydrogens (tertiary/aromatic N) is 2. The van der Waals surface area contributed by atoms with Crippen LogP contribution in [0.3, 0.4) is 0 Å². The Morgan fingerprint density at radius 3 is 2.87 bits per heavy atom. The van der Waals surface area contributed by atoms with Gasteiger partial charge < -0.3 is 16.3 Å². The monoisotopic (exact) mass is 208 g/mol. The number of hydrogen-bond donors (Lipinski definition) is 3. The third kappa shape index (κ3) is 3.21. The quantitative estimate of drug-likeness (QED) is 0.297. The normalized spacial score (nSPS) is 16.0. The van der Waals surface area contributed by atoms with Crippen molar-refractivity contribution >= 4 is 5.84 Å². The first-order valence-corrected chi connectivity index (χ1v) is 4.78. The lowest BCUT2D eigenvalue weighted by Crippen LogP contribution is -2.40.